The summed E-state index contributed by atoms with van der Waals surface area (Å²) in [6.45, 7) is 1.38. The third kappa shape index (κ3) is 2.37. The van der Waals surface area contributed by atoms with Gasteiger partial charge in [0.2, 0.25) is 0 Å². The monoisotopic (exact) mass is 216 g/mol. The van der Waals surface area contributed by atoms with Crippen molar-refractivity contribution in [3.05, 3.63) is 43.0 Å². The lowest BCUT2D eigenvalue weighted by Crippen LogP contribution is -2.35. The summed E-state index contributed by atoms with van der Waals surface area (Å²) in [6.07, 6.45) is 1.78. The molecular formula is C9H10Cl2Si. The standard InChI is InChI=1S/C9H10Cl2Si/c1-2-8-12(10,11)9-6-4-3-5-7-9/h2-7H,1,8H2. The molecule has 0 radical (unpaired) electrons. The van der Waals surface area contributed by atoms with Crippen LogP contribution in [0.1, 0.15) is 0 Å². The molecule has 0 aliphatic carbocycles. The van der Waals surface area contributed by atoms with E-state index < -0.39 is 6.69 Å². The summed E-state index contributed by atoms with van der Waals surface area (Å²) >= 11 is 12.4. The third-order valence-corrected chi connectivity index (χ3v) is 5.81. The molecule has 0 spiro atoms. The molecule has 1 aromatic carbocycles. The van der Waals surface area contributed by atoms with Crippen LogP contribution in [-0.4, -0.2) is 6.69 Å². The molecular weight excluding hydrogens is 207 g/mol. The van der Waals surface area contributed by atoms with E-state index in [2.05, 4.69) is 6.58 Å². The van der Waals surface area contributed by atoms with Crippen LogP contribution < -0.4 is 5.19 Å². The molecule has 0 atom stereocenters. The van der Waals surface area contributed by atoms with Crippen LogP contribution in [0, 0.1) is 0 Å². The first-order chi connectivity index (χ1) is 5.67. The zero-order valence-electron chi connectivity index (χ0n) is 6.63. The molecule has 0 saturated heterocycles. The van der Waals surface area contributed by atoms with Crippen molar-refractivity contribution in [1.29, 1.82) is 0 Å². The van der Waals surface area contributed by atoms with Gasteiger partial charge in [0.1, 0.15) is 0 Å². The Kier molecular flexibility index (Phi) is 3.38. The van der Waals surface area contributed by atoms with Gasteiger partial charge in [-0.05, 0) is 11.2 Å². The lowest BCUT2D eigenvalue weighted by atomic mass is 10.4. The number of benzene rings is 1. The Morgan fingerprint density at radius 3 is 2.33 bits per heavy atom. The Hall–Kier alpha value is -0.243. The Balaban J connectivity index is 2.89. The van der Waals surface area contributed by atoms with Gasteiger partial charge in [0.25, 0.3) is 6.69 Å². The SMILES string of the molecule is C=CC[Si](Cl)(Cl)c1ccccc1. The average Bonchev–Trinajstić information content (AvgIpc) is 2.06. The minimum Gasteiger partial charge on any atom is -0.139 e. The van der Waals surface area contributed by atoms with E-state index >= 15 is 0 Å². The largest absolute Gasteiger partial charge is 0.284 e. The van der Waals surface area contributed by atoms with Crippen molar-refractivity contribution in [2.24, 2.45) is 0 Å². The van der Waals surface area contributed by atoms with E-state index in [0.717, 1.165) is 5.19 Å². The second-order valence-electron chi connectivity index (χ2n) is 2.56. The van der Waals surface area contributed by atoms with E-state index in [1.807, 2.05) is 30.3 Å². The van der Waals surface area contributed by atoms with Gasteiger partial charge in [0, 0.05) is 0 Å². The van der Waals surface area contributed by atoms with Crippen LogP contribution in [0.5, 0.6) is 0 Å². The molecule has 0 heterocycles. The molecule has 64 valence electrons. The molecule has 0 unspecified atom stereocenters. The van der Waals surface area contributed by atoms with Gasteiger partial charge in [0.15, 0.2) is 0 Å². The number of hydrogen-bond acceptors (Lipinski definition) is 0. The van der Waals surface area contributed by atoms with Crippen LogP contribution in [-0.2, 0) is 0 Å². The van der Waals surface area contributed by atoms with Crippen molar-refractivity contribution >= 4 is 34.0 Å². The van der Waals surface area contributed by atoms with Crippen molar-refractivity contribution in [1.82, 2.24) is 0 Å². The molecule has 0 fully saturated rings. The number of halogens is 2. The quantitative estimate of drug-likeness (QED) is 0.414. The van der Waals surface area contributed by atoms with E-state index in [-0.39, 0.29) is 0 Å². The summed E-state index contributed by atoms with van der Waals surface area (Å²) in [4.78, 5) is 0. The Morgan fingerprint density at radius 2 is 1.83 bits per heavy atom. The highest BCUT2D eigenvalue weighted by Crippen LogP contribution is 2.20. The zero-order valence-corrected chi connectivity index (χ0v) is 9.15. The topological polar surface area (TPSA) is 0 Å². The van der Waals surface area contributed by atoms with Crippen LogP contribution in [0.2, 0.25) is 6.04 Å². The number of allylic oxidation sites excluding steroid dienone is 1. The molecule has 0 bridgehead atoms. The molecule has 0 saturated carbocycles. The molecule has 0 N–H and O–H groups in total. The minimum atomic E-state index is -2.25. The van der Waals surface area contributed by atoms with Crippen LogP contribution in [0.4, 0.5) is 0 Å². The summed E-state index contributed by atoms with van der Waals surface area (Å²) < 4.78 is 0. The molecule has 0 amide bonds. The summed E-state index contributed by atoms with van der Waals surface area (Å²) in [5, 5.41) is 1.05. The summed E-state index contributed by atoms with van der Waals surface area (Å²) in [5.41, 5.74) is 0. The molecule has 12 heavy (non-hydrogen) atoms. The lowest BCUT2D eigenvalue weighted by Gasteiger charge is -2.13. The zero-order chi connectivity index (χ0) is 9.03. The highest BCUT2D eigenvalue weighted by atomic mass is 35.7. The highest BCUT2D eigenvalue weighted by molar-refractivity contribution is 7.51. The lowest BCUT2D eigenvalue weighted by molar-refractivity contribution is 1.67. The highest BCUT2D eigenvalue weighted by Gasteiger charge is 2.28. The molecule has 0 aliphatic rings. The van der Waals surface area contributed by atoms with Gasteiger partial charge in [-0.2, -0.15) is 0 Å². The molecule has 0 aliphatic heterocycles. The van der Waals surface area contributed by atoms with E-state index in [4.69, 9.17) is 22.2 Å². The molecule has 0 aromatic heterocycles. The van der Waals surface area contributed by atoms with Gasteiger partial charge in [-0.1, -0.05) is 36.4 Å². The van der Waals surface area contributed by atoms with Crippen molar-refractivity contribution < 1.29 is 0 Å². The summed E-state index contributed by atoms with van der Waals surface area (Å²) in [6, 6.07) is 10.5. The Bertz CT molecular complexity index is 256. The summed E-state index contributed by atoms with van der Waals surface area (Å²) in [7, 11) is 0. The second kappa shape index (κ2) is 4.12. The fourth-order valence-electron chi connectivity index (χ4n) is 0.981. The predicted molar refractivity (Wildman–Crippen MR) is 58.5 cm³/mol. The number of rotatable bonds is 3. The van der Waals surface area contributed by atoms with Crippen LogP contribution in [0.25, 0.3) is 0 Å². The van der Waals surface area contributed by atoms with Gasteiger partial charge in [-0.15, -0.1) is 28.7 Å². The maximum atomic E-state index is 6.19. The summed E-state index contributed by atoms with van der Waals surface area (Å²) in [5.74, 6) is 0. The van der Waals surface area contributed by atoms with Crippen LogP contribution in [0.15, 0.2) is 43.0 Å². The molecule has 3 heteroatoms. The van der Waals surface area contributed by atoms with Gasteiger partial charge in [0.05, 0.1) is 0 Å². The van der Waals surface area contributed by atoms with Gasteiger partial charge >= 0.3 is 0 Å². The van der Waals surface area contributed by atoms with E-state index in [0.29, 0.717) is 6.04 Å². The Morgan fingerprint density at radius 1 is 1.25 bits per heavy atom. The Labute approximate surface area is 83.2 Å². The first kappa shape index (κ1) is 9.84. The van der Waals surface area contributed by atoms with Gasteiger partial charge < -0.3 is 0 Å². The minimum absolute atomic E-state index is 0.695. The maximum absolute atomic E-state index is 6.19. The van der Waals surface area contributed by atoms with E-state index in [9.17, 15) is 0 Å². The van der Waals surface area contributed by atoms with Crippen molar-refractivity contribution in [3.8, 4) is 0 Å². The molecule has 1 rings (SSSR count). The predicted octanol–water partition coefficient (Wildman–Crippen LogP) is 3.00. The van der Waals surface area contributed by atoms with Crippen molar-refractivity contribution in [3.63, 3.8) is 0 Å². The normalized spacial score (nSPS) is 11.2. The van der Waals surface area contributed by atoms with Gasteiger partial charge in [-0.3, -0.25) is 0 Å². The second-order valence-corrected chi connectivity index (χ2v) is 9.41. The van der Waals surface area contributed by atoms with Crippen LogP contribution >= 0.6 is 22.2 Å². The average molecular weight is 217 g/mol. The number of hydrogen-bond donors (Lipinski definition) is 0. The molecule has 1 aromatic rings. The smallest absolute Gasteiger partial charge is 0.139 e. The first-order valence-electron chi connectivity index (χ1n) is 3.71. The van der Waals surface area contributed by atoms with E-state index in [1.165, 1.54) is 0 Å². The van der Waals surface area contributed by atoms with Crippen molar-refractivity contribution in [2.45, 2.75) is 6.04 Å². The van der Waals surface area contributed by atoms with Gasteiger partial charge in [-0.25, -0.2) is 0 Å². The fraction of sp³-hybridized carbons (Fsp3) is 0.111. The first-order valence-corrected chi connectivity index (χ1v) is 7.94. The van der Waals surface area contributed by atoms with Crippen LogP contribution in [0.3, 0.4) is 0 Å². The fourth-order valence-corrected chi connectivity index (χ4v) is 3.67. The molecule has 0 nitrogen and oxygen atoms in total. The van der Waals surface area contributed by atoms with Crippen molar-refractivity contribution in [2.75, 3.05) is 0 Å². The van der Waals surface area contributed by atoms with E-state index in [1.54, 1.807) is 6.08 Å². The maximum Gasteiger partial charge on any atom is 0.284 e. The third-order valence-electron chi connectivity index (χ3n) is 1.60.